The molecular weight excluding hydrogens is 300 g/mol. The van der Waals surface area contributed by atoms with Crippen LogP contribution in [0.5, 0.6) is 0 Å². The van der Waals surface area contributed by atoms with Crippen molar-refractivity contribution in [3.63, 3.8) is 0 Å². The molecule has 0 saturated carbocycles. The van der Waals surface area contributed by atoms with Crippen LogP contribution in [0.2, 0.25) is 0 Å². The molecule has 3 heterocycles. The fourth-order valence-electron chi connectivity index (χ4n) is 4.15. The number of rotatable bonds is 0. The van der Waals surface area contributed by atoms with Gasteiger partial charge in [-0.25, -0.2) is 0 Å². The molecule has 2 aromatic carbocycles. The Morgan fingerprint density at radius 3 is 2.92 bits per heavy atom. The number of hydrogen-bond donors (Lipinski definition) is 2. The first-order chi connectivity index (χ1) is 11.6. The number of nitrogens with one attached hydrogen (secondary N) is 1. The Bertz CT molecular complexity index is 990. The molecule has 3 aromatic rings. The van der Waals surface area contributed by atoms with Gasteiger partial charge in [-0.1, -0.05) is 12.1 Å². The van der Waals surface area contributed by atoms with E-state index in [9.17, 15) is 4.79 Å². The average molecular weight is 318 g/mol. The molecule has 0 spiro atoms. The second-order valence-corrected chi connectivity index (χ2v) is 6.57. The molecule has 3 N–H and O–H groups in total. The van der Waals surface area contributed by atoms with Crippen LogP contribution in [-0.2, 0) is 6.42 Å². The molecule has 0 saturated heterocycles. The summed E-state index contributed by atoms with van der Waals surface area (Å²) in [7, 11) is 2.05. The maximum absolute atomic E-state index is 12.9. The van der Waals surface area contributed by atoms with Gasteiger partial charge in [0.25, 0.3) is 5.91 Å². The van der Waals surface area contributed by atoms with E-state index in [-0.39, 0.29) is 12.1 Å². The molecule has 1 unspecified atom stereocenters. The highest BCUT2D eigenvalue weighted by Crippen LogP contribution is 2.42. The first-order valence-electron chi connectivity index (χ1n) is 8.18. The van der Waals surface area contributed by atoms with Gasteiger partial charge in [-0.3, -0.25) is 4.79 Å². The van der Waals surface area contributed by atoms with Crippen LogP contribution in [-0.4, -0.2) is 29.4 Å². The molecule has 0 bridgehead atoms. The standard InChI is InChI=1S/C19H18N4O/c1-22-16-5-3-2-4-13(16)19(24)23-9-8-12-14-10-11(20)6-7-15(14)21-17(12)18(22)23/h2-7,10,18,21H,8-9,20H2,1H3. The van der Waals surface area contributed by atoms with Crippen molar-refractivity contribution < 1.29 is 4.79 Å². The van der Waals surface area contributed by atoms with E-state index in [0.29, 0.717) is 0 Å². The van der Waals surface area contributed by atoms with Crippen molar-refractivity contribution in [2.24, 2.45) is 0 Å². The predicted octanol–water partition coefficient (Wildman–Crippen LogP) is 2.90. The number of benzene rings is 2. The quantitative estimate of drug-likeness (QED) is 0.626. The Kier molecular flexibility index (Phi) is 2.55. The lowest BCUT2D eigenvalue weighted by Gasteiger charge is -2.46. The van der Waals surface area contributed by atoms with Gasteiger partial charge in [-0.2, -0.15) is 0 Å². The van der Waals surface area contributed by atoms with E-state index >= 15 is 0 Å². The number of nitrogens with zero attached hydrogens (tertiary/aromatic N) is 2. The fraction of sp³-hybridized carbons (Fsp3) is 0.211. The topological polar surface area (TPSA) is 65.4 Å². The Balaban J connectivity index is 1.74. The maximum Gasteiger partial charge on any atom is 0.257 e. The Hall–Kier alpha value is -2.95. The van der Waals surface area contributed by atoms with Crippen molar-refractivity contribution >= 4 is 28.2 Å². The molecular formula is C19H18N4O. The van der Waals surface area contributed by atoms with E-state index in [1.165, 1.54) is 10.9 Å². The van der Waals surface area contributed by atoms with Crippen molar-refractivity contribution in [2.75, 3.05) is 24.2 Å². The molecule has 0 aliphatic carbocycles. The van der Waals surface area contributed by atoms with Gasteiger partial charge in [0.1, 0.15) is 6.17 Å². The van der Waals surface area contributed by atoms with Crippen LogP contribution in [0, 0.1) is 0 Å². The highest BCUT2D eigenvalue weighted by atomic mass is 16.2. The van der Waals surface area contributed by atoms with Gasteiger partial charge in [0.05, 0.1) is 16.9 Å². The zero-order valence-electron chi connectivity index (χ0n) is 13.4. The summed E-state index contributed by atoms with van der Waals surface area (Å²) in [5.74, 6) is 0.109. The fourth-order valence-corrected chi connectivity index (χ4v) is 4.15. The van der Waals surface area contributed by atoms with Crippen LogP contribution in [0.25, 0.3) is 10.9 Å². The smallest absolute Gasteiger partial charge is 0.257 e. The Morgan fingerprint density at radius 2 is 2.04 bits per heavy atom. The van der Waals surface area contributed by atoms with Gasteiger partial charge < -0.3 is 20.5 Å². The van der Waals surface area contributed by atoms with Gasteiger partial charge >= 0.3 is 0 Å². The van der Waals surface area contributed by atoms with Crippen molar-refractivity contribution in [1.82, 2.24) is 9.88 Å². The van der Waals surface area contributed by atoms with E-state index in [2.05, 4.69) is 16.9 Å². The summed E-state index contributed by atoms with van der Waals surface area (Å²) < 4.78 is 0. The van der Waals surface area contributed by atoms with Crippen molar-refractivity contribution in [1.29, 1.82) is 0 Å². The van der Waals surface area contributed by atoms with Gasteiger partial charge in [0.2, 0.25) is 0 Å². The summed E-state index contributed by atoms with van der Waals surface area (Å²) in [6, 6.07) is 13.8. The van der Waals surface area contributed by atoms with E-state index in [4.69, 9.17) is 5.73 Å². The van der Waals surface area contributed by atoms with Gasteiger partial charge in [0, 0.05) is 30.2 Å². The molecule has 5 rings (SSSR count). The number of aromatic amines is 1. The lowest BCUT2D eigenvalue weighted by Crippen LogP contribution is -2.51. The van der Waals surface area contributed by atoms with E-state index < -0.39 is 0 Å². The summed E-state index contributed by atoms with van der Waals surface area (Å²) in [5, 5.41) is 1.17. The normalized spacial score (nSPS) is 19.2. The van der Waals surface area contributed by atoms with E-state index in [1.54, 1.807) is 0 Å². The lowest BCUT2D eigenvalue weighted by molar-refractivity contribution is 0.0634. The molecule has 1 atom stereocenters. The summed E-state index contributed by atoms with van der Waals surface area (Å²) >= 11 is 0. The first kappa shape index (κ1) is 13.5. The molecule has 24 heavy (non-hydrogen) atoms. The number of aromatic nitrogens is 1. The zero-order chi connectivity index (χ0) is 16.4. The van der Waals surface area contributed by atoms with Gasteiger partial charge in [-0.15, -0.1) is 0 Å². The molecule has 0 radical (unpaired) electrons. The number of carbonyl (C=O) groups excluding carboxylic acids is 1. The molecule has 2 aliphatic heterocycles. The number of amides is 1. The summed E-state index contributed by atoms with van der Waals surface area (Å²) in [6.45, 7) is 0.719. The third-order valence-corrected chi connectivity index (χ3v) is 5.26. The van der Waals surface area contributed by atoms with Crippen LogP contribution in [0.3, 0.4) is 0 Å². The number of nitrogen functional groups attached to an aromatic ring is 1. The largest absolute Gasteiger partial charge is 0.399 e. The molecule has 1 amide bonds. The molecule has 2 aliphatic rings. The number of para-hydroxylation sites is 1. The van der Waals surface area contributed by atoms with E-state index in [1.807, 2.05) is 47.4 Å². The minimum Gasteiger partial charge on any atom is -0.399 e. The SMILES string of the molecule is CN1c2ccccc2C(=O)N2CCc3c([nH]c4ccc(N)cc34)C21. The lowest BCUT2D eigenvalue weighted by atomic mass is 9.96. The molecule has 120 valence electrons. The van der Waals surface area contributed by atoms with Gasteiger partial charge in [-0.05, 0) is 42.3 Å². The highest BCUT2D eigenvalue weighted by molar-refractivity contribution is 6.02. The average Bonchev–Trinajstić information content (AvgIpc) is 2.97. The van der Waals surface area contributed by atoms with Crippen LogP contribution in [0.1, 0.15) is 27.8 Å². The number of anilines is 2. The van der Waals surface area contributed by atoms with E-state index in [0.717, 1.165) is 41.1 Å². The Morgan fingerprint density at radius 1 is 1.21 bits per heavy atom. The molecule has 5 heteroatoms. The van der Waals surface area contributed by atoms with Crippen LogP contribution in [0.4, 0.5) is 11.4 Å². The number of carbonyl (C=O) groups is 1. The number of nitrogens with two attached hydrogens (primary N) is 1. The van der Waals surface area contributed by atoms with Crippen LogP contribution < -0.4 is 10.6 Å². The minimum absolute atomic E-state index is 0.0928. The second-order valence-electron chi connectivity index (χ2n) is 6.57. The third kappa shape index (κ3) is 1.61. The monoisotopic (exact) mass is 318 g/mol. The predicted molar refractivity (Wildman–Crippen MR) is 95.0 cm³/mol. The van der Waals surface area contributed by atoms with Gasteiger partial charge in [0.15, 0.2) is 0 Å². The minimum atomic E-state index is -0.0928. The molecule has 5 nitrogen and oxygen atoms in total. The molecule has 0 fully saturated rings. The van der Waals surface area contributed by atoms with Crippen LogP contribution >= 0.6 is 0 Å². The number of H-pyrrole nitrogens is 1. The first-order valence-corrected chi connectivity index (χ1v) is 8.18. The highest BCUT2D eigenvalue weighted by Gasteiger charge is 2.41. The summed E-state index contributed by atoms with van der Waals surface area (Å²) in [5.41, 5.74) is 12.0. The second kappa shape index (κ2) is 4.54. The third-order valence-electron chi connectivity index (χ3n) is 5.26. The number of fused-ring (bicyclic) bond motifs is 6. The van der Waals surface area contributed by atoms with Crippen molar-refractivity contribution in [3.8, 4) is 0 Å². The van der Waals surface area contributed by atoms with Crippen molar-refractivity contribution in [2.45, 2.75) is 12.6 Å². The molecule has 1 aromatic heterocycles. The van der Waals surface area contributed by atoms with Crippen molar-refractivity contribution in [3.05, 3.63) is 59.3 Å². The summed E-state index contributed by atoms with van der Waals surface area (Å²) in [4.78, 5) is 20.6. The zero-order valence-corrected chi connectivity index (χ0v) is 13.4. The summed E-state index contributed by atoms with van der Waals surface area (Å²) in [6.07, 6.45) is 0.751. The maximum atomic E-state index is 12.9. The number of hydrogen-bond acceptors (Lipinski definition) is 3. The van der Waals surface area contributed by atoms with Crippen LogP contribution in [0.15, 0.2) is 42.5 Å². The Labute approximate surface area is 139 Å².